The lowest BCUT2D eigenvalue weighted by atomic mass is 10.1. The predicted molar refractivity (Wildman–Crippen MR) is 79.7 cm³/mol. The van der Waals surface area contributed by atoms with E-state index in [9.17, 15) is 4.39 Å². The molecule has 0 saturated carbocycles. The second-order valence-electron chi connectivity index (χ2n) is 4.60. The Morgan fingerprint density at radius 2 is 2.16 bits per heavy atom. The maximum atomic E-state index is 13.0. The van der Waals surface area contributed by atoms with Crippen molar-refractivity contribution in [2.24, 2.45) is 0 Å². The third-order valence-corrected chi connectivity index (χ3v) is 4.04. The van der Waals surface area contributed by atoms with Crippen molar-refractivity contribution in [2.75, 3.05) is 7.05 Å². The lowest BCUT2D eigenvalue weighted by molar-refractivity contribution is 0.575. The smallest absolute Gasteiger partial charge is 0.124 e. The topological polar surface area (TPSA) is 17.0 Å². The fourth-order valence-electron chi connectivity index (χ4n) is 2.22. The van der Waals surface area contributed by atoms with Crippen molar-refractivity contribution >= 4 is 15.9 Å². The lowest BCUT2D eigenvalue weighted by Crippen LogP contribution is -2.14. The Morgan fingerprint density at radius 1 is 1.37 bits per heavy atom. The Bertz CT molecular complexity index is 547. The summed E-state index contributed by atoms with van der Waals surface area (Å²) in [7, 11) is 1.97. The molecular formula is C15H18BrFN2. The summed E-state index contributed by atoms with van der Waals surface area (Å²) in [6, 6.07) is 7.32. The van der Waals surface area contributed by atoms with Gasteiger partial charge in [-0.15, -0.1) is 0 Å². The fraction of sp³-hybridized carbons (Fsp3) is 0.333. The fourth-order valence-corrected chi connectivity index (χ4v) is 2.69. The Balaban J connectivity index is 2.15. The van der Waals surface area contributed by atoms with Crippen LogP contribution in [0.15, 0.2) is 41.1 Å². The van der Waals surface area contributed by atoms with E-state index in [2.05, 4.69) is 51.2 Å². The maximum absolute atomic E-state index is 13.0. The molecule has 1 N–H and O–H groups in total. The lowest BCUT2D eigenvalue weighted by Gasteiger charge is -2.11. The molecule has 1 aromatic heterocycles. The summed E-state index contributed by atoms with van der Waals surface area (Å²) in [6.07, 6.45) is 5.26. The van der Waals surface area contributed by atoms with Crippen LogP contribution < -0.4 is 5.32 Å². The van der Waals surface area contributed by atoms with E-state index in [-0.39, 0.29) is 5.82 Å². The molecule has 1 aromatic carbocycles. The number of rotatable bonds is 5. The van der Waals surface area contributed by atoms with Gasteiger partial charge in [0.05, 0.1) is 0 Å². The van der Waals surface area contributed by atoms with Gasteiger partial charge in [-0.2, -0.15) is 0 Å². The second kappa shape index (κ2) is 6.35. The van der Waals surface area contributed by atoms with Crippen molar-refractivity contribution in [3.05, 3.63) is 58.1 Å². The Hall–Kier alpha value is -1.13. The molecule has 0 fully saturated rings. The summed E-state index contributed by atoms with van der Waals surface area (Å²) < 4.78 is 16.0. The molecule has 0 aliphatic heterocycles. The summed E-state index contributed by atoms with van der Waals surface area (Å²) in [5.74, 6) is -0.218. The second-order valence-corrected chi connectivity index (χ2v) is 5.46. The van der Waals surface area contributed by atoms with Crippen LogP contribution in [-0.2, 0) is 6.54 Å². The third kappa shape index (κ3) is 3.45. The highest BCUT2D eigenvalue weighted by Crippen LogP contribution is 2.21. The molecule has 0 amide bonds. The monoisotopic (exact) mass is 324 g/mol. The first-order valence-corrected chi connectivity index (χ1v) is 7.20. The molecule has 1 atom stereocenters. The Kier molecular flexibility index (Phi) is 4.77. The normalized spacial score (nSPS) is 12.6. The number of halogens is 2. The Labute approximate surface area is 121 Å². The molecule has 102 valence electrons. The van der Waals surface area contributed by atoms with E-state index < -0.39 is 0 Å². The molecule has 19 heavy (non-hydrogen) atoms. The zero-order chi connectivity index (χ0) is 13.8. The van der Waals surface area contributed by atoms with Gasteiger partial charge in [0.2, 0.25) is 0 Å². The first kappa shape index (κ1) is 14.3. The molecule has 0 aliphatic rings. The average molecular weight is 325 g/mol. The van der Waals surface area contributed by atoms with Crippen molar-refractivity contribution < 1.29 is 4.39 Å². The van der Waals surface area contributed by atoms with E-state index >= 15 is 0 Å². The summed E-state index contributed by atoms with van der Waals surface area (Å²) in [5.41, 5.74) is 2.35. The highest BCUT2D eigenvalue weighted by atomic mass is 79.9. The van der Waals surface area contributed by atoms with Gasteiger partial charge in [0.1, 0.15) is 5.82 Å². The summed E-state index contributed by atoms with van der Waals surface area (Å²) in [4.78, 5) is 0. The maximum Gasteiger partial charge on any atom is 0.124 e. The number of hydrogen-bond acceptors (Lipinski definition) is 1. The molecule has 0 saturated heterocycles. The highest BCUT2D eigenvalue weighted by Gasteiger charge is 2.09. The van der Waals surface area contributed by atoms with Crippen LogP contribution in [0.3, 0.4) is 0 Å². The largest absolute Gasteiger partial charge is 0.350 e. The van der Waals surface area contributed by atoms with Gasteiger partial charge < -0.3 is 9.88 Å². The molecule has 1 heterocycles. The van der Waals surface area contributed by atoms with Crippen LogP contribution in [0.4, 0.5) is 4.39 Å². The minimum absolute atomic E-state index is 0.218. The van der Waals surface area contributed by atoms with E-state index in [1.807, 2.05) is 13.1 Å². The number of hydrogen-bond donors (Lipinski definition) is 1. The molecule has 2 nitrogen and oxygen atoms in total. The van der Waals surface area contributed by atoms with E-state index in [1.54, 1.807) is 0 Å². The molecule has 2 aromatic rings. The Morgan fingerprint density at radius 3 is 2.79 bits per heavy atom. The van der Waals surface area contributed by atoms with Gasteiger partial charge in [0.15, 0.2) is 0 Å². The molecule has 4 heteroatoms. The molecular weight excluding hydrogens is 307 g/mol. The van der Waals surface area contributed by atoms with Gasteiger partial charge >= 0.3 is 0 Å². The van der Waals surface area contributed by atoms with Crippen molar-refractivity contribution in [3.63, 3.8) is 0 Å². The zero-order valence-electron chi connectivity index (χ0n) is 11.2. The number of nitrogens with one attached hydrogen (secondary N) is 1. The molecule has 0 bridgehead atoms. The molecule has 0 spiro atoms. The van der Waals surface area contributed by atoms with Gasteiger partial charge in [0.25, 0.3) is 0 Å². The van der Waals surface area contributed by atoms with Crippen LogP contribution in [0.2, 0.25) is 0 Å². The predicted octanol–water partition coefficient (Wildman–Crippen LogP) is 4.11. The van der Waals surface area contributed by atoms with Crippen molar-refractivity contribution in [1.29, 1.82) is 0 Å². The summed E-state index contributed by atoms with van der Waals surface area (Å²) in [5, 5.41) is 3.29. The SMILES string of the molecule is CCC(NC)c1ccn(Cc2ccc(F)cc2Br)c1. The van der Waals surface area contributed by atoms with E-state index in [1.165, 1.54) is 17.7 Å². The third-order valence-electron chi connectivity index (χ3n) is 3.30. The first-order chi connectivity index (χ1) is 9.13. The zero-order valence-corrected chi connectivity index (χ0v) is 12.7. The molecule has 0 aliphatic carbocycles. The molecule has 0 radical (unpaired) electrons. The van der Waals surface area contributed by atoms with Crippen LogP contribution in [0.5, 0.6) is 0 Å². The number of nitrogens with zero attached hydrogens (tertiary/aromatic N) is 1. The van der Waals surface area contributed by atoms with Crippen LogP contribution in [-0.4, -0.2) is 11.6 Å². The highest BCUT2D eigenvalue weighted by molar-refractivity contribution is 9.10. The van der Waals surface area contributed by atoms with Gasteiger partial charge in [-0.05, 0) is 42.8 Å². The average Bonchev–Trinajstić information content (AvgIpc) is 2.83. The minimum Gasteiger partial charge on any atom is -0.350 e. The quantitative estimate of drug-likeness (QED) is 0.875. The van der Waals surface area contributed by atoms with Crippen LogP contribution in [0.1, 0.15) is 30.5 Å². The van der Waals surface area contributed by atoms with E-state index in [0.29, 0.717) is 6.04 Å². The van der Waals surface area contributed by atoms with Gasteiger partial charge in [-0.1, -0.05) is 28.9 Å². The van der Waals surface area contributed by atoms with E-state index in [0.717, 1.165) is 23.0 Å². The van der Waals surface area contributed by atoms with Crippen LogP contribution in [0, 0.1) is 5.82 Å². The first-order valence-electron chi connectivity index (χ1n) is 6.41. The summed E-state index contributed by atoms with van der Waals surface area (Å²) >= 11 is 3.40. The number of benzene rings is 1. The van der Waals surface area contributed by atoms with Crippen molar-refractivity contribution in [1.82, 2.24) is 9.88 Å². The van der Waals surface area contributed by atoms with Gasteiger partial charge in [0, 0.05) is 29.5 Å². The van der Waals surface area contributed by atoms with Crippen molar-refractivity contribution in [3.8, 4) is 0 Å². The van der Waals surface area contributed by atoms with Gasteiger partial charge in [-0.25, -0.2) is 4.39 Å². The molecule has 1 unspecified atom stereocenters. The van der Waals surface area contributed by atoms with Crippen LogP contribution in [0.25, 0.3) is 0 Å². The van der Waals surface area contributed by atoms with Crippen molar-refractivity contribution in [2.45, 2.75) is 25.9 Å². The summed E-state index contributed by atoms with van der Waals surface area (Å²) in [6.45, 7) is 2.90. The van der Waals surface area contributed by atoms with Crippen LogP contribution >= 0.6 is 15.9 Å². The minimum atomic E-state index is -0.218. The number of aromatic nitrogens is 1. The molecule has 2 rings (SSSR count). The van der Waals surface area contributed by atoms with E-state index in [4.69, 9.17) is 0 Å². The standard InChI is InChI=1S/C15H18BrFN2/c1-3-15(18-2)12-6-7-19(10-12)9-11-4-5-13(17)8-14(11)16/h4-8,10,15,18H,3,9H2,1-2H3. The van der Waals surface area contributed by atoms with Gasteiger partial charge in [-0.3, -0.25) is 0 Å².